The number of aliphatic imine (C=N–C) groups is 1. The number of amidine groups is 1. The zero-order valence-corrected chi connectivity index (χ0v) is 14.2. The van der Waals surface area contributed by atoms with Gasteiger partial charge in [0.05, 0.1) is 22.3 Å². The Morgan fingerprint density at radius 3 is 2.52 bits per heavy atom. The number of carbonyl (C=O) groups excluding carboxylic acids is 1. The monoisotopic (exact) mass is 345 g/mol. The molecule has 0 radical (unpaired) electrons. The van der Waals surface area contributed by atoms with Crippen molar-refractivity contribution in [1.29, 1.82) is 0 Å². The Morgan fingerprint density at radius 2 is 1.83 bits per heavy atom. The Balaban J connectivity index is 2.01. The molecule has 0 bridgehead atoms. The van der Waals surface area contributed by atoms with Crippen LogP contribution in [0.1, 0.15) is 6.92 Å². The molecule has 1 aliphatic heterocycles. The van der Waals surface area contributed by atoms with Crippen molar-refractivity contribution < 1.29 is 4.79 Å². The fourth-order valence-electron chi connectivity index (χ4n) is 2.34. The fourth-order valence-corrected chi connectivity index (χ4v) is 3.60. The van der Waals surface area contributed by atoms with E-state index in [1.54, 1.807) is 15.9 Å². The van der Waals surface area contributed by atoms with Crippen molar-refractivity contribution in [2.24, 2.45) is 4.99 Å². The summed E-state index contributed by atoms with van der Waals surface area (Å²) in [6, 6.07) is 16.8. The van der Waals surface area contributed by atoms with Crippen LogP contribution in [-0.4, -0.2) is 23.6 Å². The van der Waals surface area contributed by atoms with Crippen molar-refractivity contribution in [3.8, 4) is 0 Å². The summed E-state index contributed by atoms with van der Waals surface area (Å²) in [6.45, 7) is 2.59. The molecular formula is C17H16ClN3OS. The number of anilines is 2. The molecule has 1 heterocycles. The maximum absolute atomic E-state index is 13.1. The third kappa shape index (κ3) is 3.21. The van der Waals surface area contributed by atoms with Crippen molar-refractivity contribution in [2.75, 3.05) is 22.2 Å². The van der Waals surface area contributed by atoms with Crippen LogP contribution in [-0.2, 0) is 0 Å². The first-order chi connectivity index (χ1) is 11.2. The number of urea groups is 1. The summed E-state index contributed by atoms with van der Waals surface area (Å²) in [5, 5.41) is 1.28. The summed E-state index contributed by atoms with van der Waals surface area (Å²) < 4.78 is 0. The summed E-state index contributed by atoms with van der Waals surface area (Å²) in [5.41, 5.74) is 1.51. The van der Waals surface area contributed by atoms with Crippen molar-refractivity contribution in [2.45, 2.75) is 6.92 Å². The molecule has 0 aliphatic carbocycles. The second kappa shape index (κ2) is 7.06. The molecule has 1 fully saturated rings. The van der Waals surface area contributed by atoms with Crippen LogP contribution in [0.4, 0.5) is 16.2 Å². The lowest BCUT2D eigenvalue weighted by Gasteiger charge is -2.36. The van der Waals surface area contributed by atoms with E-state index in [1.807, 2.05) is 55.5 Å². The second-order valence-electron chi connectivity index (χ2n) is 4.86. The van der Waals surface area contributed by atoms with E-state index in [1.165, 1.54) is 11.8 Å². The zero-order valence-electron chi connectivity index (χ0n) is 12.6. The standard InChI is InChI=1S/C17H16ClN3OS/c1-2-19-16-21(13-8-4-3-5-9-13)17(22)20(12-23-16)15-11-7-6-10-14(15)18/h3-11H,2,12H2,1H3. The Morgan fingerprint density at radius 1 is 1.13 bits per heavy atom. The average molecular weight is 346 g/mol. The minimum atomic E-state index is -0.143. The van der Waals surface area contributed by atoms with Crippen molar-refractivity contribution >= 4 is 45.9 Å². The molecule has 0 aromatic heterocycles. The summed E-state index contributed by atoms with van der Waals surface area (Å²) in [5.74, 6) is 0.491. The molecule has 2 aromatic carbocycles. The Labute approximate surface area is 144 Å². The van der Waals surface area contributed by atoms with Gasteiger partial charge in [0.15, 0.2) is 5.17 Å². The van der Waals surface area contributed by atoms with Gasteiger partial charge in [0.25, 0.3) is 0 Å². The predicted octanol–water partition coefficient (Wildman–Crippen LogP) is 4.85. The number of benzene rings is 2. The predicted molar refractivity (Wildman–Crippen MR) is 98.7 cm³/mol. The number of halogens is 1. The molecular weight excluding hydrogens is 330 g/mol. The molecule has 3 rings (SSSR count). The lowest BCUT2D eigenvalue weighted by Crippen LogP contribution is -2.50. The lowest BCUT2D eigenvalue weighted by molar-refractivity contribution is 0.255. The van der Waals surface area contributed by atoms with Crippen LogP contribution >= 0.6 is 23.4 Å². The SMILES string of the molecule is CCN=C1SCN(c2ccccc2Cl)C(=O)N1c1ccccc1. The molecule has 0 atom stereocenters. The number of thioether (sulfide) groups is 1. The van der Waals surface area contributed by atoms with E-state index >= 15 is 0 Å². The van der Waals surface area contributed by atoms with E-state index in [4.69, 9.17) is 11.6 Å². The van der Waals surface area contributed by atoms with Crippen LogP contribution in [0.2, 0.25) is 5.02 Å². The number of nitrogens with zero attached hydrogens (tertiary/aromatic N) is 3. The van der Waals surface area contributed by atoms with Crippen LogP contribution in [0.25, 0.3) is 0 Å². The highest BCUT2D eigenvalue weighted by molar-refractivity contribution is 8.14. The number of hydrogen-bond acceptors (Lipinski definition) is 3. The van der Waals surface area contributed by atoms with Crippen LogP contribution in [0.3, 0.4) is 0 Å². The third-order valence-electron chi connectivity index (χ3n) is 3.39. The molecule has 0 unspecified atom stereocenters. The van der Waals surface area contributed by atoms with Gasteiger partial charge in [-0.15, -0.1) is 0 Å². The molecule has 1 saturated heterocycles. The van der Waals surface area contributed by atoms with E-state index < -0.39 is 0 Å². The van der Waals surface area contributed by atoms with Gasteiger partial charge in [0.1, 0.15) is 0 Å². The highest BCUT2D eigenvalue weighted by Gasteiger charge is 2.33. The van der Waals surface area contributed by atoms with Gasteiger partial charge in [-0.25, -0.2) is 9.69 Å². The molecule has 0 spiro atoms. The number of rotatable bonds is 3. The van der Waals surface area contributed by atoms with E-state index in [0.29, 0.717) is 28.3 Å². The number of carbonyl (C=O) groups is 1. The van der Waals surface area contributed by atoms with Gasteiger partial charge >= 0.3 is 6.03 Å². The number of hydrogen-bond donors (Lipinski definition) is 0. The van der Waals surface area contributed by atoms with Gasteiger partial charge in [-0.3, -0.25) is 9.89 Å². The quantitative estimate of drug-likeness (QED) is 0.796. The first-order valence-electron chi connectivity index (χ1n) is 7.31. The fraction of sp³-hybridized carbons (Fsp3) is 0.176. The highest BCUT2D eigenvalue weighted by atomic mass is 35.5. The molecule has 118 valence electrons. The van der Waals surface area contributed by atoms with Gasteiger partial charge in [0, 0.05) is 6.54 Å². The topological polar surface area (TPSA) is 35.9 Å². The van der Waals surface area contributed by atoms with Gasteiger partial charge in [0.2, 0.25) is 0 Å². The van der Waals surface area contributed by atoms with E-state index in [-0.39, 0.29) is 6.03 Å². The Hall–Kier alpha value is -1.98. The van der Waals surface area contributed by atoms with E-state index in [2.05, 4.69) is 4.99 Å². The molecule has 23 heavy (non-hydrogen) atoms. The maximum atomic E-state index is 13.1. The normalized spacial score (nSPS) is 17.0. The average Bonchev–Trinajstić information content (AvgIpc) is 2.57. The number of amides is 2. The molecule has 2 amide bonds. The molecule has 4 nitrogen and oxygen atoms in total. The summed E-state index contributed by atoms with van der Waals surface area (Å²) >= 11 is 7.79. The van der Waals surface area contributed by atoms with Gasteiger partial charge in [-0.2, -0.15) is 0 Å². The Bertz CT molecular complexity index is 736. The first-order valence-corrected chi connectivity index (χ1v) is 8.67. The zero-order chi connectivity index (χ0) is 16.2. The highest BCUT2D eigenvalue weighted by Crippen LogP contribution is 2.33. The molecule has 0 N–H and O–H groups in total. The van der Waals surface area contributed by atoms with Gasteiger partial charge in [-0.05, 0) is 31.2 Å². The molecule has 0 saturated carbocycles. The lowest BCUT2D eigenvalue weighted by atomic mass is 10.3. The van der Waals surface area contributed by atoms with E-state index in [9.17, 15) is 4.79 Å². The molecule has 2 aromatic rings. The van der Waals surface area contributed by atoms with Crippen LogP contribution in [0, 0.1) is 0 Å². The number of para-hydroxylation sites is 2. The van der Waals surface area contributed by atoms with Crippen LogP contribution < -0.4 is 9.80 Å². The van der Waals surface area contributed by atoms with Crippen molar-refractivity contribution in [3.63, 3.8) is 0 Å². The van der Waals surface area contributed by atoms with Crippen LogP contribution in [0.5, 0.6) is 0 Å². The summed E-state index contributed by atoms with van der Waals surface area (Å²) in [4.78, 5) is 20.8. The van der Waals surface area contributed by atoms with Gasteiger partial charge < -0.3 is 0 Å². The van der Waals surface area contributed by atoms with Crippen molar-refractivity contribution in [3.05, 3.63) is 59.6 Å². The van der Waals surface area contributed by atoms with Crippen LogP contribution in [0.15, 0.2) is 59.6 Å². The maximum Gasteiger partial charge on any atom is 0.336 e. The van der Waals surface area contributed by atoms with Gasteiger partial charge in [-0.1, -0.05) is 53.7 Å². The first kappa shape index (κ1) is 15.9. The van der Waals surface area contributed by atoms with E-state index in [0.717, 1.165) is 5.69 Å². The second-order valence-corrected chi connectivity index (χ2v) is 6.18. The van der Waals surface area contributed by atoms with Crippen molar-refractivity contribution in [1.82, 2.24) is 0 Å². The smallest absolute Gasteiger partial charge is 0.282 e. The largest absolute Gasteiger partial charge is 0.336 e. The minimum absolute atomic E-state index is 0.143. The third-order valence-corrected chi connectivity index (χ3v) is 4.66. The summed E-state index contributed by atoms with van der Waals surface area (Å²) in [7, 11) is 0. The minimum Gasteiger partial charge on any atom is -0.282 e. The summed E-state index contributed by atoms with van der Waals surface area (Å²) in [6.07, 6.45) is 0. The molecule has 6 heteroatoms. The Kier molecular flexibility index (Phi) is 4.88. The molecule has 1 aliphatic rings.